The minimum absolute atomic E-state index is 0.178. The van der Waals surface area contributed by atoms with E-state index in [-0.39, 0.29) is 12.2 Å². The number of rotatable bonds is 5. The minimum Gasteiger partial charge on any atom is -0.489 e. The lowest BCUT2D eigenvalue weighted by Crippen LogP contribution is -2.54. The van der Waals surface area contributed by atoms with E-state index in [1.165, 1.54) is 18.2 Å². The van der Waals surface area contributed by atoms with Crippen molar-refractivity contribution in [2.45, 2.75) is 6.61 Å². The monoisotopic (exact) mass is 466 g/mol. The molecule has 0 aliphatic carbocycles. The molecule has 0 unspecified atom stereocenters. The standard InChI is InChI=1S/C24H16Cl2N2O4/c25-17-8-10-18(11-9-17)28-23(30)20(22(29)27-24(28)31)13-15-4-3-6-19(12-15)32-14-16-5-1-2-7-21(16)26/h1-13H,14H2,(H,27,29,31). The summed E-state index contributed by atoms with van der Waals surface area (Å²) in [6.07, 6.45) is 1.41. The number of imide groups is 2. The van der Waals surface area contributed by atoms with Crippen LogP contribution in [-0.4, -0.2) is 17.8 Å². The van der Waals surface area contributed by atoms with E-state index in [2.05, 4.69) is 5.32 Å². The second-order valence-corrected chi connectivity index (χ2v) is 7.73. The summed E-state index contributed by atoms with van der Waals surface area (Å²) in [5, 5.41) is 3.25. The van der Waals surface area contributed by atoms with E-state index in [1.54, 1.807) is 42.5 Å². The van der Waals surface area contributed by atoms with Crippen molar-refractivity contribution >= 4 is 52.8 Å². The molecule has 3 aromatic rings. The normalized spacial score (nSPS) is 15.1. The second kappa shape index (κ2) is 9.26. The van der Waals surface area contributed by atoms with Gasteiger partial charge in [-0.2, -0.15) is 0 Å². The quantitative estimate of drug-likeness (QED) is 0.412. The van der Waals surface area contributed by atoms with Gasteiger partial charge in [0.2, 0.25) is 0 Å². The van der Waals surface area contributed by atoms with Crippen LogP contribution in [0.15, 0.2) is 78.4 Å². The number of halogens is 2. The van der Waals surface area contributed by atoms with Crippen LogP contribution in [-0.2, 0) is 16.2 Å². The second-order valence-electron chi connectivity index (χ2n) is 6.89. The van der Waals surface area contributed by atoms with Gasteiger partial charge in [-0.25, -0.2) is 9.69 Å². The number of barbiturate groups is 1. The van der Waals surface area contributed by atoms with Crippen molar-refractivity contribution in [3.63, 3.8) is 0 Å². The Hall–Kier alpha value is -3.61. The third-order valence-corrected chi connectivity index (χ3v) is 5.33. The Morgan fingerprint density at radius 3 is 2.41 bits per heavy atom. The summed E-state index contributed by atoms with van der Waals surface area (Å²) in [7, 11) is 0. The first kappa shape index (κ1) is 21.6. The summed E-state index contributed by atoms with van der Waals surface area (Å²) in [6.45, 7) is 0.262. The third-order valence-electron chi connectivity index (χ3n) is 4.71. The average Bonchev–Trinajstić information content (AvgIpc) is 2.77. The lowest BCUT2D eigenvalue weighted by molar-refractivity contribution is -0.122. The average molecular weight is 467 g/mol. The predicted octanol–water partition coefficient (Wildman–Crippen LogP) is 5.24. The molecular formula is C24H16Cl2N2O4. The maximum absolute atomic E-state index is 13.0. The molecule has 1 N–H and O–H groups in total. The van der Waals surface area contributed by atoms with E-state index in [1.807, 2.05) is 18.2 Å². The Kier molecular flexibility index (Phi) is 6.25. The van der Waals surface area contributed by atoms with Gasteiger partial charge in [-0.1, -0.05) is 53.5 Å². The van der Waals surface area contributed by atoms with Crippen molar-refractivity contribution in [3.05, 3.63) is 99.5 Å². The topological polar surface area (TPSA) is 75.7 Å². The molecule has 3 aromatic carbocycles. The number of carbonyl (C=O) groups excluding carboxylic acids is 3. The van der Waals surface area contributed by atoms with Crippen LogP contribution in [0.1, 0.15) is 11.1 Å². The SMILES string of the molecule is O=C1NC(=O)N(c2ccc(Cl)cc2)C(=O)C1=Cc1cccc(OCc2ccccc2Cl)c1. The van der Waals surface area contributed by atoms with Crippen LogP contribution in [0.2, 0.25) is 10.0 Å². The molecule has 0 radical (unpaired) electrons. The summed E-state index contributed by atoms with van der Waals surface area (Å²) in [4.78, 5) is 38.5. The van der Waals surface area contributed by atoms with Crippen molar-refractivity contribution in [2.75, 3.05) is 4.90 Å². The lowest BCUT2D eigenvalue weighted by Gasteiger charge is -2.26. The summed E-state index contributed by atoms with van der Waals surface area (Å²) < 4.78 is 5.80. The fraction of sp³-hybridized carbons (Fsp3) is 0.0417. The molecule has 4 rings (SSSR count). The summed E-state index contributed by atoms with van der Waals surface area (Å²) >= 11 is 12.0. The van der Waals surface area contributed by atoms with Gasteiger partial charge in [0.1, 0.15) is 17.9 Å². The number of hydrogen-bond donors (Lipinski definition) is 1. The number of ether oxygens (including phenoxy) is 1. The van der Waals surface area contributed by atoms with Crippen molar-refractivity contribution in [1.82, 2.24) is 5.32 Å². The fourth-order valence-electron chi connectivity index (χ4n) is 3.12. The van der Waals surface area contributed by atoms with Crippen LogP contribution in [0, 0.1) is 0 Å². The first-order valence-corrected chi connectivity index (χ1v) is 10.3. The van der Waals surface area contributed by atoms with Gasteiger partial charge in [-0.05, 0) is 54.1 Å². The number of hydrogen-bond acceptors (Lipinski definition) is 4. The van der Waals surface area contributed by atoms with E-state index in [0.29, 0.717) is 27.0 Å². The van der Waals surface area contributed by atoms with Crippen LogP contribution in [0.25, 0.3) is 6.08 Å². The number of nitrogens with zero attached hydrogens (tertiary/aromatic N) is 1. The predicted molar refractivity (Wildman–Crippen MR) is 123 cm³/mol. The van der Waals surface area contributed by atoms with E-state index in [0.717, 1.165) is 10.5 Å². The number of anilines is 1. The first-order chi connectivity index (χ1) is 15.4. The Morgan fingerprint density at radius 2 is 1.66 bits per heavy atom. The lowest BCUT2D eigenvalue weighted by atomic mass is 10.1. The Bertz CT molecular complexity index is 1240. The molecule has 1 fully saturated rings. The smallest absolute Gasteiger partial charge is 0.335 e. The van der Waals surface area contributed by atoms with Gasteiger partial charge in [0, 0.05) is 15.6 Å². The van der Waals surface area contributed by atoms with Crippen molar-refractivity contribution in [1.29, 1.82) is 0 Å². The van der Waals surface area contributed by atoms with Crippen LogP contribution >= 0.6 is 23.2 Å². The zero-order valence-corrected chi connectivity index (χ0v) is 18.1. The summed E-state index contributed by atoms with van der Waals surface area (Å²) in [5.74, 6) is -0.968. The Balaban J connectivity index is 1.58. The van der Waals surface area contributed by atoms with Gasteiger partial charge in [-0.3, -0.25) is 14.9 Å². The summed E-state index contributed by atoms with van der Waals surface area (Å²) in [6, 6.07) is 19.6. The van der Waals surface area contributed by atoms with Gasteiger partial charge in [-0.15, -0.1) is 0 Å². The molecule has 0 aromatic heterocycles. The molecule has 4 amide bonds. The fourth-order valence-corrected chi connectivity index (χ4v) is 3.44. The van der Waals surface area contributed by atoms with Crippen molar-refractivity contribution in [2.24, 2.45) is 0 Å². The molecule has 1 aliphatic heterocycles. The molecule has 160 valence electrons. The van der Waals surface area contributed by atoms with E-state index in [4.69, 9.17) is 27.9 Å². The van der Waals surface area contributed by atoms with Gasteiger partial charge >= 0.3 is 6.03 Å². The molecule has 6 nitrogen and oxygen atoms in total. The molecule has 1 heterocycles. The number of amides is 4. The van der Waals surface area contributed by atoms with E-state index in [9.17, 15) is 14.4 Å². The maximum atomic E-state index is 13.0. The van der Waals surface area contributed by atoms with E-state index >= 15 is 0 Å². The van der Waals surface area contributed by atoms with Crippen LogP contribution in [0.3, 0.4) is 0 Å². The number of nitrogens with one attached hydrogen (secondary N) is 1. The Labute approximate surface area is 194 Å². The molecule has 0 saturated carbocycles. The zero-order valence-electron chi connectivity index (χ0n) is 16.5. The largest absolute Gasteiger partial charge is 0.489 e. The Morgan fingerprint density at radius 1 is 0.906 bits per heavy atom. The van der Waals surface area contributed by atoms with Gasteiger partial charge in [0.25, 0.3) is 11.8 Å². The molecule has 1 saturated heterocycles. The van der Waals surface area contributed by atoms with Crippen LogP contribution in [0.5, 0.6) is 5.75 Å². The highest BCUT2D eigenvalue weighted by molar-refractivity contribution is 6.39. The molecule has 8 heteroatoms. The third kappa shape index (κ3) is 4.66. The first-order valence-electron chi connectivity index (χ1n) is 9.55. The van der Waals surface area contributed by atoms with Crippen molar-refractivity contribution < 1.29 is 19.1 Å². The minimum atomic E-state index is -0.823. The van der Waals surface area contributed by atoms with Gasteiger partial charge < -0.3 is 4.74 Å². The highest BCUT2D eigenvalue weighted by Gasteiger charge is 2.36. The van der Waals surface area contributed by atoms with Crippen LogP contribution in [0.4, 0.5) is 10.5 Å². The summed E-state index contributed by atoms with van der Waals surface area (Å²) in [5.41, 5.74) is 1.51. The zero-order chi connectivity index (χ0) is 22.7. The highest BCUT2D eigenvalue weighted by Crippen LogP contribution is 2.25. The van der Waals surface area contributed by atoms with Gasteiger partial charge in [0.15, 0.2) is 0 Å². The molecule has 0 spiro atoms. The van der Waals surface area contributed by atoms with Crippen LogP contribution < -0.4 is 15.0 Å². The number of urea groups is 1. The maximum Gasteiger partial charge on any atom is 0.335 e. The number of benzene rings is 3. The molecular weight excluding hydrogens is 451 g/mol. The van der Waals surface area contributed by atoms with Gasteiger partial charge in [0.05, 0.1) is 5.69 Å². The molecule has 0 atom stereocenters. The van der Waals surface area contributed by atoms with Crippen molar-refractivity contribution in [3.8, 4) is 5.75 Å². The van der Waals surface area contributed by atoms with E-state index < -0.39 is 17.8 Å². The number of carbonyl (C=O) groups is 3. The molecule has 0 bridgehead atoms. The molecule has 32 heavy (non-hydrogen) atoms. The molecule has 1 aliphatic rings. The highest BCUT2D eigenvalue weighted by atomic mass is 35.5.